The molecule has 24 heavy (non-hydrogen) atoms. The number of amides is 1. The number of benzene rings is 2. The molecule has 0 saturated carbocycles. The van der Waals surface area contributed by atoms with Gasteiger partial charge in [-0.05, 0) is 35.9 Å². The molecule has 1 N–H and O–H groups in total. The van der Waals surface area contributed by atoms with Crippen molar-refractivity contribution in [2.24, 2.45) is 0 Å². The zero-order chi connectivity index (χ0) is 16.2. The van der Waals surface area contributed by atoms with Crippen LogP contribution >= 0.6 is 23.2 Å². The smallest absolute Gasteiger partial charge is 0.258 e. The molecule has 0 aliphatic rings. The summed E-state index contributed by atoms with van der Waals surface area (Å²) < 4.78 is 0. The van der Waals surface area contributed by atoms with Crippen molar-refractivity contribution >= 4 is 34.8 Å². The van der Waals surface area contributed by atoms with E-state index in [4.69, 9.17) is 23.2 Å². The van der Waals surface area contributed by atoms with Crippen LogP contribution in [-0.4, -0.2) is 10.9 Å². The maximum Gasteiger partial charge on any atom is 0.258 e. The van der Waals surface area contributed by atoms with E-state index in [1.54, 1.807) is 18.3 Å². The normalized spacial score (nSPS) is 9.92. The summed E-state index contributed by atoms with van der Waals surface area (Å²) in [6, 6.07) is 18.3. The standard InChI is InChI=1S/C18H12Cl2N2O.Cu/c19-13-9-7-12(8-10-13)14-4-1-2-6-16(14)22-18(23)15-5-3-11-21-17(15)20;/h1-11H,(H,22,23);. The van der Waals surface area contributed by atoms with Crippen LogP contribution in [0.15, 0.2) is 66.9 Å². The summed E-state index contributed by atoms with van der Waals surface area (Å²) in [4.78, 5) is 16.3. The second-order valence-corrected chi connectivity index (χ2v) is 5.64. The molecule has 1 radical (unpaired) electrons. The van der Waals surface area contributed by atoms with Crippen molar-refractivity contribution in [3.05, 3.63) is 82.6 Å². The van der Waals surface area contributed by atoms with Crippen molar-refractivity contribution in [2.45, 2.75) is 0 Å². The van der Waals surface area contributed by atoms with E-state index in [1.807, 2.05) is 48.5 Å². The molecule has 6 heteroatoms. The fraction of sp³-hybridized carbons (Fsp3) is 0. The molecule has 0 saturated heterocycles. The Morgan fingerprint density at radius 2 is 1.62 bits per heavy atom. The van der Waals surface area contributed by atoms with Crippen LogP contribution in [0.1, 0.15) is 10.4 Å². The summed E-state index contributed by atoms with van der Waals surface area (Å²) in [6.45, 7) is 0. The molecular formula is C18H12Cl2CuN2O. The Labute approximate surface area is 160 Å². The first-order chi connectivity index (χ1) is 11.1. The average Bonchev–Trinajstić information content (AvgIpc) is 2.56. The largest absolute Gasteiger partial charge is 0.321 e. The van der Waals surface area contributed by atoms with Gasteiger partial charge in [-0.3, -0.25) is 4.79 Å². The van der Waals surface area contributed by atoms with Crippen LogP contribution in [-0.2, 0) is 17.1 Å². The Balaban J connectivity index is 0.00000208. The van der Waals surface area contributed by atoms with Gasteiger partial charge in [0.2, 0.25) is 0 Å². The molecule has 1 aromatic heterocycles. The molecule has 3 rings (SSSR count). The van der Waals surface area contributed by atoms with E-state index in [2.05, 4.69) is 10.3 Å². The van der Waals surface area contributed by atoms with E-state index < -0.39 is 0 Å². The summed E-state index contributed by atoms with van der Waals surface area (Å²) in [5.41, 5.74) is 2.89. The first kappa shape index (κ1) is 18.5. The maximum atomic E-state index is 12.4. The average molecular weight is 407 g/mol. The predicted molar refractivity (Wildman–Crippen MR) is 94.1 cm³/mol. The second-order valence-electron chi connectivity index (χ2n) is 4.85. The van der Waals surface area contributed by atoms with E-state index in [-0.39, 0.29) is 28.1 Å². The van der Waals surface area contributed by atoms with Crippen molar-refractivity contribution in [1.29, 1.82) is 0 Å². The number of carbonyl (C=O) groups is 1. The third-order valence-electron chi connectivity index (χ3n) is 3.33. The van der Waals surface area contributed by atoms with Gasteiger partial charge < -0.3 is 5.32 Å². The molecular weight excluding hydrogens is 395 g/mol. The molecule has 0 spiro atoms. The van der Waals surface area contributed by atoms with Gasteiger partial charge in [-0.25, -0.2) is 4.98 Å². The molecule has 0 aliphatic carbocycles. The monoisotopic (exact) mass is 405 g/mol. The molecule has 2 aromatic carbocycles. The minimum Gasteiger partial charge on any atom is -0.321 e. The van der Waals surface area contributed by atoms with Crippen molar-refractivity contribution in [1.82, 2.24) is 4.98 Å². The number of nitrogens with zero attached hydrogens (tertiary/aromatic N) is 1. The van der Waals surface area contributed by atoms with Gasteiger partial charge in [0, 0.05) is 39.5 Å². The van der Waals surface area contributed by atoms with E-state index in [0.717, 1.165) is 11.1 Å². The number of aromatic nitrogens is 1. The summed E-state index contributed by atoms with van der Waals surface area (Å²) >= 11 is 11.9. The van der Waals surface area contributed by atoms with Gasteiger partial charge >= 0.3 is 0 Å². The summed E-state index contributed by atoms with van der Waals surface area (Å²) in [5.74, 6) is -0.301. The summed E-state index contributed by atoms with van der Waals surface area (Å²) in [6.07, 6.45) is 1.54. The number of rotatable bonds is 3. The summed E-state index contributed by atoms with van der Waals surface area (Å²) in [7, 11) is 0. The fourth-order valence-corrected chi connectivity index (χ4v) is 2.55. The van der Waals surface area contributed by atoms with Gasteiger partial charge in [0.25, 0.3) is 5.91 Å². The zero-order valence-corrected chi connectivity index (χ0v) is 14.7. The van der Waals surface area contributed by atoms with Crippen molar-refractivity contribution in [2.75, 3.05) is 5.32 Å². The Hall–Kier alpha value is -1.84. The third kappa shape index (κ3) is 4.16. The SMILES string of the molecule is O=C(Nc1ccccc1-c1ccc(Cl)cc1)c1cccnc1Cl.[Cu]. The van der Waals surface area contributed by atoms with Gasteiger partial charge in [0.15, 0.2) is 0 Å². The number of hydrogen-bond acceptors (Lipinski definition) is 2. The van der Waals surface area contributed by atoms with E-state index in [1.165, 1.54) is 0 Å². The minimum atomic E-state index is -0.301. The Bertz CT molecular complexity index is 854. The molecule has 1 amide bonds. The van der Waals surface area contributed by atoms with Gasteiger partial charge in [0.05, 0.1) is 5.56 Å². The van der Waals surface area contributed by atoms with Crippen LogP contribution in [0.25, 0.3) is 11.1 Å². The van der Waals surface area contributed by atoms with Gasteiger partial charge in [0.1, 0.15) is 5.15 Å². The van der Waals surface area contributed by atoms with Crippen molar-refractivity contribution in [3.63, 3.8) is 0 Å². The van der Waals surface area contributed by atoms with Crippen molar-refractivity contribution < 1.29 is 21.9 Å². The summed E-state index contributed by atoms with van der Waals surface area (Å²) in [5, 5.41) is 3.72. The second kappa shape index (κ2) is 8.31. The molecule has 3 aromatic rings. The predicted octanol–water partition coefficient (Wildman–Crippen LogP) is 5.31. The molecule has 0 atom stereocenters. The number of hydrogen-bond donors (Lipinski definition) is 1. The molecule has 0 aliphatic heterocycles. The van der Waals surface area contributed by atoms with Gasteiger partial charge in [-0.15, -0.1) is 0 Å². The number of anilines is 1. The third-order valence-corrected chi connectivity index (χ3v) is 3.89. The maximum absolute atomic E-state index is 12.4. The van der Waals surface area contributed by atoms with Crippen LogP contribution in [0.5, 0.6) is 0 Å². The number of para-hydroxylation sites is 1. The Kier molecular flexibility index (Phi) is 6.41. The first-order valence-electron chi connectivity index (χ1n) is 6.92. The van der Waals surface area contributed by atoms with Crippen LogP contribution in [0, 0.1) is 0 Å². The number of carbonyl (C=O) groups excluding carboxylic acids is 1. The molecule has 0 fully saturated rings. The van der Waals surface area contributed by atoms with Crippen LogP contribution in [0.4, 0.5) is 5.69 Å². The van der Waals surface area contributed by atoms with E-state index in [9.17, 15) is 4.79 Å². The van der Waals surface area contributed by atoms with Gasteiger partial charge in [-0.2, -0.15) is 0 Å². The number of nitrogens with one attached hydrogen (secondary N) is 1. The first-order valence-corrected chi connectivity index (χ1v) is 7.67. The van der Waals surface area contributed by atoms with Crippen LogP contribution < -0.4 is 5.32 Å². The minimum absolute atomic E-state index is 0. The van der Waals surface area contributed by atoms with E-state index in [0.29, 0.717) is 16.3 Å². The molecule has 0 bridgehead atoms. The topological polar surface area (TPSA) is 42.0 Å². The van der Waals surface area contributed by atoms with E-state index >= 15 is 0 Å². The van der Waals surface area contributed by atoms with Crippen LogP contribution in [0.2, 0.25) is 10.2 Å². The van der Waals surface area contributed by atoms with Gasteiger partial charge in [-0.1, -0.05) is 53.5 Å². The molecule has 3 nitrogen and oxygen atoms in total. The molecule has 0 unspecified atom stereocenters. The fourth-order valence-electron chi connectivity index (χ4n) is 2.22. The Morgan fingerprint density at radius 3 is 2.33 bits per heavy atom. The Morgan fingerprint density at radius 1 is 0.917 bits per heavy atom. The van der Waals surface area contributed by atoms with Crippen molar-refractivity contribution in [3.8, 4) is 11.1 Å². The zero-order valence-electron chi connectivity index (χ0n) is 12.3. The molecule has 1 heterocycles. The number of halogens is 2. The number of pyridine rings is 1. The molecule has 125 valence electrons. The van der Waals surface area contributed by atoms with Crippen LogP contribution in [0.3, 0.4) is 0 Å². The quantitative estimate of drug-likeness (QED) is 0.473.